The predicted molar refractivity (Wildman–Crippen MR) is 103 cm³/mol. The molecular weight excluding hydrogens is 367 g/mol. The normalized spacial score (nSPS) is 18.5. The first-order valence-electron chi connectivity index (χ1n) is 9.12. The van der Waals surface area contributed by atoms with Crippen molar-refractivity contribution < 1.29 is 17.5 Å². The van der Waals surface area contributed by atoms with Crippen LogP contribution in [0.25, 0.3) is 0 Å². The van der Waals surface area contributed by atoms with E-state index < -0.39 is 15.8 Å². The van der Waals surface area contributed by atoms with Gasteiger partial charge in [-0.25, -0.2) is 17.5 Å². The molecule has 0 amide bonds. The lowest BCUT2D eigenvalue weighted by molar-refractivity contribution is -0.0300. The largest absolute Gasteiger partial charge is 0.371 e. The third-order valence-electron chi connectivity index (χ3n) is 4.54. The van der Waals surface area contributed by atoms with Crippen LogP contribution in [-0.2, 0) is 20.5 Å². The Morgan fingerprint density at radius 3 is 2.74 bits per heavy atom. The van der Waals surface area contributed by atoms with Crippen molar-refractivity contribution >= 4 is 10.0 Å². The number of rotatable bonds is 8. The molecule has 1 aliphatic heterocycles. The monoisotopic (exact) mass is 392 g/mol. The van der Waals surface area contributed by atoms with E-state index >= 15 is 0 Å². The number of benzene rings is 2. The Kier molecular flexibility index (Phi) is 6.95. The van der Waals surface area contributed by atoms with Gasteiger partial charge >= 0.3 is 0 Å². The molecule has 146 valence electrons. The van der Waals surface area contributed by atoms with Crippen LogP contribution >= 0.6 is 0 Å². The second kappa shape index (κ2) is 9.41. The average Bonchev–Trinajstić information content (AvgIpc) is 2.66. The van der Waals surface area contributed by atoms with Gasteiger partial charge in [0.2, 0.25) is 10.0 Å². The minimum Gasteiger partial charge on any atom is -0.371 e. The molecule has 0 spiro atoms. The van der Waals surface area contributed by atoms with E-state index in [1.165, 1.54) is 18.2 Å². The fourth-order valence-corrected chi connectivity index (χ4v) is 4.38. The summed E-state index contributed by atoms with van der Waals surface area (Å²) in [6, 6.07) is 15.8. The first-order chi connectivity index (χ1) is 13.0. The van der Waals surface area contributed by atoms with Gasteiger partial charge in [0.15, 0.2) is 0 Å². The summed E-state index contributed by atoms with van der Waals surface area (Å²) in [4.78, 5) is 2.29. The standard InChI is InChI=1S/C20H25FN2O3S/c21-19-9-4-6-17(14-19)16-27(24,25)22-10-5-11-23-12-13-26-20(15-23)18-7-2-1-3-8-18/h1-4,6-9,14,20,22H,5,10-13,15-16H2. The van der Waals surface area contributed by atoms with Gasteiger partial charge in [-0.2, -0.15) is 0 Å². The van der Waals surface area contributed by atoms with Crippen LogP contribution in [0, 0.1) is 5.82 Å². The predicted octanol–water partition coefficient (Wildman–Crippen LogP) is 2.71. The number of halogens is 1. The highest BCUT2D eigenvalue weighted by Gasteiger charge is 2.21. The lowest BCUT2D eigenvalue weighted by Gasteiger charge is -2.33. The van der Waals surface area contributed by atoms with E-state index in [4.69, 9.17) is 4.74 Å². The van der Waals surface area contributed by atoms with Gasteiger partial charge in [-0.15, -0.1) is 0 Å². The fourth-order valence-electron chi connectivity index (χ4n) is 3.20. The Morgan fingerprint density at radius 1 is 1.15 bits per heavy atom. The van der Waals surface area contributed by atoms with E-state index in [1.807, 2.05) is 18.2 Å². The van der Waals surface area contributed by atoms with Crippen LogP contribution in [0.1, 0.15) is 23.7 Å². The lowest BCUT2D eigenvalue weighted by atomic mass is 10.1. The molecule has 1 fully saturated rings. The number of nitrogens with one attached hydrogen (secondary N) is 1. The fraction of sp³-hybridized carbons (Fsp3) is 0.400. The van der Waals surface area contributed by atoms with Gasteiger partial charge in [-0.05, 0) is 36.2 Å². The zero-order valence-electron chi connectivity index (χ0n) is 15.2. The molecule has 1 heterocycles. The summed E-state index contributed by atoms with van der Waals surface area (Å²) >= 11 is 0. The van der Waals surface area contributed by atoms with Crippen LogP contribution in [0.3, 0.4) is 0 Å². The maximum absolute atomic E-state index is 13.2. The van der Waals surface area contributed by atoms with Crippen molar-refractivity contribution in [3.05, 3.63) is 71.5 Å². The van der Waals surface area contributed by atoms with Gasteiger partial charge in [0.05, 0.1) is 18.5 Å². The third kappa shape index (κ3) is 6.39. The van der Waals surface area contributed by atoms with Crippen LogP contribution < -0.4 is 4.72 Å². The third-order valence-corrected chi connectivity index (χ3v) is 5.90. The molecule has 0 radical (unpaired) electrons. The summed E-state index contributed by atoms with van der Waals surface area (Å²) in [6.45, 7) is 3.49. The number of hydrogen-bond acceptors (Lipinski definition) is 4. The Bertz CT molecular complexity index is 830. The van der Waals surface area contributed by atoms with Crippen molar-refractivity contribution in [2.45, 2.75) is 18.3 Å². The minimum atomic E-state index is -3.47. The van der Waals surface area contributed by atoms with Gasteiger partial charge < -0.3 is 4.74 Å². The molecule has 0 aliphatic carbocycles. The van der Waals surface area contributed by atoms with Crippen LogP contribution in [0.2, 0.25) is 0 Å². The molecule has 1 N–H and O–H groups in total. The molecule has 2 aromatic rings. The molecule has 0 aromatic heterocycles. The van der Waals surface area contributed by atoms with E-state index in [2.05, 4.69) is 21.8 Å². The molecule has 1 aliphatic rings. The van der Waals surface area contributed by atoms with Crippen molar-refractivity contribution in [3.63, 3.8) is 0 Å². The lowest BCUT2D eigenvalue weighted by Crippen LogP contribution is -2.39. The molecule has 7 heteroatoms. The second-order valence-corrected chi connectivity index (χ2v) is 8.51. The smallest absolute Gasteiger partial charge is 0.215 e. The van der Waals surface area contributed by atoms with E-state index in [-0.39, 0.29) is 11.9 Å². The van der Waals surface area contributed by atoms with Crippen molar-refractivity contribution in [2.24, 2.45) is 0 Å². The Morgan fingerprint density at radius 2 is 1.96 bits per heavy atom. The average molecular weight is 392 g/mol. The van der Waals surface area contributed by atoms with Crippen molar-refractivity contribution in [3.8, 4) is 0 Å². The maximum atomic E-state index is 13.2. The summed E-state index contributed by atoms with van der Waals surface area (Å²) in [7, 11) is -3.47. The molecule has 1 unspecified atom stereocenters. The number of nitrogens with zero attached hydrogens (tertiary/aromatic N) is 1. The molecule has 5 nitrogen and oxygen atoms in total. The topological polar surface area (TPSA) is 58.6 Å². The molecule has 0 bridgehead atoms. The molecule has 1 atom stereocenters. The minimum absolute atomic E-state index is 0.0598. The van der Waals surface area contributed by atoms with Crippen LogP contribution in [0.5, 0.6) is 0 Å². The van der Waals surface area contributed by atoms with Gasteiger partial charge in [0.1, 0.15) is 5.82 Å². The molecule has 27 heavy (non-hydrogen) atoms. The Hall–Kier alpha value is -1.80. The molecular formula is C20H25FN2O3S. The molecule has 0 saturated carbocycles. The van der Waals surface area contributed by atoms with Crippen LogP contribution in [0.4, 0.5) is 4.39 Å². The molecule has 1 saturated heterocycles. The quantitative estimate of drug-likeness (QED) is 0.702. The van der Waals surface area contributed by atoms with Crippen LogP contribution in [-0.4, -0.2) is 46.1 Å². The highest BCUT2D eigenvalue weighted by atomic mass is 32.2. The summed E-state index contributed by atoms with van der Waals surface area (Å²) in [5.74, 6) is -0.638. The first-order valence-corrected chi connectivity index (χ1v) is 10.8. The summed E-state index contributed by atoms with van der Waals surface area (Å²) in [5.41, 5.74) is 1.61. The molecule has 3 rings (SSSR count). The Balaban J connectivity index is 1.41. The number of hydrogen-bond donors (Lipinski definition) is 1. The van der Waals surface area contributed by atoms with Crippen molar-refractivity contribution in [2.75, 3.05) is 32.8 Å². The van der Waals surface area contributed by atoms with E-state index in [9.17, 15) is 12.8 Å². The van der Waals surface area contributed by atoms with Crippen LogP contribution in [0.15, 0.2) is 54.6 Å². The summed E-state index contributed by atoms with van der Waals surface area (Å²) in [5, 5.41) is 0. The summed E-state index contributed by atoms with van der Waals surface area (Å²) in [6.07, 6.45) is 0.772. The highest BCUT2D eigenvalue weighted by Crippen LogP contribution is 2.21. The van der Waals surface area contributed by atoms with Crippen molar-refractivity contribution in [1.29, 1.82) is 0 Å². The van der Waals surface area contributed by atoms with Crippen molar-refractivity contribution in [1.82, 2.24) is 9.62 Å². The Labute approximate surface area is 160 Å². The van der Waals surface area contributed by atoms with E-state index in [0.717, 1.165) is 25.2 Å². The first kappa shape index (κ1) is 19.9. The summed E-state index contributed by atoms with van der Waals surface area (Å²) < 4.78 is 45.9. The number of sulfonamides is 1. The van der Waals surface area contributed by atoms with Gasteiger partial charge in [-0.1, -0.05) is 42.5 Å². The zero-order valence-corrected chi connectivity index (χ0v) is 16.0. The maximum Gasteiger partial charge on any atom is 0.215 e. The highest BCUT2D eigenvalue weighted by molar-refractivity contribution is 7.88. The zero-order chi connectivity index (χ0) is 19.1. The number of morpholine rings is 1. The van der Waals surface area contributed by atoms with Gasteiger partial charge in [-0.3, -0.25) is 4.90 Å². The van der Waals surface area contributed by atoms with E-state index in [0.29, 0.717) is 25.1 Å². The van der Waals surface area contributed by atoms with E-state index in [1.54, 1.807) is 6.07 Å². The second-order valence-electron chi connectivity index (χ2n) is 6.71. The van der Waals surface area contributed by atoms with Gasteiger partial charge in [0, 0.05) is 19.6 Å². The number of ether oxygens (including phenoxy) is 1. The molecule has 2 aromatic carbocycles. The van der Waals surface area contributed by atoms with Gasteiger partial charge in [0.25, 0.3) is 0 Å². The SMILES string of the molecule is O=S(=O)(Cc1cccc(F)c1)NCCCN1CCOC(c2ccccc2)C1.